The number of hydrogen-bond donors (Lipinski definition) is 1. The summed E-state index contributed by atoms with van der Waals surface area (Å²) in [6.45, 7) is 3.72. The SMILES string of the molecule is C=CCSC1=NN2C(=c3ccccc3=N[C@H]2c2cccc(OC)c2OC)C(=O)N1. The number of ether oxygens (including phenoxy) is 2. The molecule has 0 saturated heterocycles. The number of amides is 1. The summed E-state index contributed by atoms with van der Waals surface area (Å²) in [5.74, 6) is 1.56. The molecule has 2 aromatic rings. The number of hydrogen-bond acceptors (Lipinski definition) is 7. The van der Waals surface area contributed by atoms with Crippen LogP contribution in [0.25, 0.3) is 5.70 Å². The second kappa shape index (κ2) is 8.00. The van der Waals surface area contributed by atoms with E-state index in [1.165, 1.54) is 11.8 Å². The molecule has 0 aromatic heterocycles. The summed E-state index contributed by atoms with van der Waals surface area (Å²) in [7, 11) is 3.17. The van der Waals surface area contributed by atoms with Crippen molar-refractivity contribution in [2.75, 3.05) is 20.0 Å². The number of methoxy groups -OCH3 is 2. The van der Waals surface area contributed by atoms with Crippen LogP contribution >= 0.6 is 11.8 Å². The highest BCUT2D eigenvalue weighted by atomic mass is 32.2. The van der Waals surface area contributed by atoms with Crippen LogP contribution < -0.4 is 25.4 Å². The Balaban J connectivity index is 1.95. The first-order valence-corrected chi connectivity index (χ1v) is 9.97. The molecule has 2 aromatic carbocycles. The molecule has 7 nitrogen and oxygen atoms in total. The monoisotopic (exact) mass is 408 g/mol. The van der Waals surface area contributed by atoms with E-state index in [4.69, 9.17) is 14.5 Å². The van der Waals surface area contributed by atoms with E-state index in [1.54, 1.807) is 25.3 Å². The largest absolute Gasteiger partial charge is 0.493 e. The molecule has 148 valence electrons. The first kappa shape index (κ1) is 19.1. The summed E-state index contributed by atoms with van der Waals surface area (Å²) in [5.41, 5.74) is 1.21. The highest BCUT2D eigenvalue weighted by Crippen LogP contribution is 2.40. The molecule has 1 atom stereocenters. The lowest BCUT2D eigenvalue weighted by molar-refractivity contribution is -0.116. The van der Waals surface area contributed by atoms with Gasteiger partial charge in [0.15, 0.2) is 22.8 Å². The predicted molar refractivity (Wildman–Crippen MR) is 113 cm³/mol. The molecule has 0 fully saturated rings. The van der Waals surface area contributed by atoms with Crippen molar-refractivity contribution in [3.05, 3.63) is 71.3 Å². The van der Waals surface area contributed by atoms with E-state index in [0.717, 1.165) is 16.1 Å². The van der Waals surface area contributed by atoms with Crippen molar-refractivity contribution in [2.45, 2.75) is 6.17 Å². The zero-order chi connectivity index (χ0) is 20.4. The Morgan fingerprint density at radius 1 is 1.21 bits per heavy atom. The standard InChI is InChI=1S/C21H20N4O3S/c1-4-12-29-21-23-20(26)17-13-8-5-6-10-15(13)22-19(25(17)24-21)14-9-7-11-16(27-2)18(14)28-3/h4-11,19H,1,12H2,2-3H3,(H,23,24,26)/t19-/m1/s1. The predicted octanol–water partition coefficient (Wildman–Crippen LogP) is 1.77. The lowest BCUT2D eigenvalue weighted by Gasteiger charge is -2.34. The highest BCUT2D eigenvalue weighted by molar-refractivity contribution is 8.14. The zero-order valence-electron chi connectivity index (χ0n) is 16.1. The van der Waals surface area contributed by atoms with E-state index in [1.807, 2.05) is 42.5 Å². The van der Waals surface area contributed by atoms with Gasteiger partial charge in [0.2, 0.25) is 0 Å². The Bertz CT molecular complexity index is 1130. The highest BCUT2D eigenvalue weighted by Gasteiger charge is 2.36. The zero-order valence-corrected chi connectivity index (χ0v) is 16.9. The third-order valence-electron chi connectivity index (χ3n) is 4.56. The van der Waals surface area contributed by atoms with Crippen LogP contribution in [0.3, 0.4) is 0 Å². The number of thioether (sulfide) groups is 1. The van der Waals surface area contributed by atoms with Gasteiger partial charge in [-0.05, 0) is 12.1 Å². The third kappa shape index (κ3) is 3.36. The summed E-state index contributed by atoms with van der Waals surface area (Å²) < 4.78 is 11.1. The van der Waals surface area contributed by atoms with Crippen LogP contribution in [0.4, 0.5) is 0 Å². The molecule has 1 amide bonds. The molecule has 0 spiro atoms. The quantitative estimate of drug-likeness (QED) is 0.763. The molecule has 0 unspecified atom stereocenters. The maximum absolute atomic E-state index is 13.0. The number of rotatable bonds is 5. The van der Waals surface area contributed by atoms with Crippen molar-refractivity contribution in [1.82, 2.24) is 10.3 Å². The van der Waals surface area contributed by atoms with Gasteiger partial charge in [-0.2, -0.15) is 0 Å². The van der Waals surface area contributed by atoms with Gasteiger partial charge in [0.1, 0.15) is 5.70 Å². The summed E-state index contributed by atoms with van der Waals surface area (Å²) in [6, 6.07) is 13.1. The Labute approximate surface area is 172 Å². The minimum atomic E-state index is -0.574. The number of nitrogens with zero attached hydrogens (tertiary/aromatic N) is 3. The topological polar surface area (TPSA) is 75.5 Å². The average molecular weight is 408 g/mol. The number of benzene rings is 2. The van der Waals surface area contributed by atoms with Gasteiger partial charge < -0.3 is 9.47 Å². The molecule has 8 heteroatoms. The average Bonchev–Trinajstić information content (AvgIpc) is 2.76. The number of para-hydroxylation sites is 2. The Hall–Kier alpha value is -3.26. The molecule has 29 heavy (non-hydrogen) atoms. The maximum atomic E-state index is 13.0. The smallest absolute Gasteiger partial charge is 0.276 e. The fraction of sp³-hybridized carbons (Fsp3) is 0.190. The molecule has 0 aliphatic carbocycles. The third-order valence-corrected chi connectivity index (χ3v) is 5.42. The van der Waals surface area contributed by atoms with E-state index < -0.39 is 6.17 Å². The minimum absolute atomic E-state index is 0.222. The van der Waals surface area contributed by atoms with Crippen molar-refractivity contribution in [3.63, 3.8) is 0 Å². The van der Waals surface area contributed by atoms with Gasteiger partial charge in [0, 0.05) is 16.5 Å². The first-order chi connectivity index (χ1) is 14.2. The molecule has 0 saturated carbocycles. The van der Waals surface area contributed by atoms with Crippen LogP contribution in [-0.2, 0) is 4.79 Å². The normalized spacial score (nSPS) is 17.4. The van der Waals surface area contributed by atoms with E-state index >= 15 is 0 Å². The van der Waals surface area contributed by atoms with Crippen LogP contribution in [0.1, 0.15) is 11.7 Å². The van der Waals surface area contributed by atoms with Gasteiger partial charge in [-0.1, -0.05) is 48.2 Å². The van der Waals surface area contributed by atoms with Crippen molar-refractivity contribution in [3.8, 4) is 11.5 Å². The second-order valence-electron chi connectivity index (χ2n) is 6.25. The van der Waals surface area contributed by atoms with Crippen molar-refractivity contribution >= 4 is 28.5 Å². The van der Waals surface area contributed by atoms with Crippen LogP contribution in [0.15, 0.2) is 65.2 Å². The van der Waals surface area contributed by atoms with Crippen LogP contribution in [0.5, 0.6) is 11.5 Å². The minimum Gasteiger partial charge on any atom is -0.493 e. The molecule has 4 rings (SSSR count). The molecule has 0 radical (unpaired) electrons. The van der Waals surface area contributed by atoms with Crippen LogP contribution in [0, 0.1) is 0 Å². The van der Waals surface area contributed by atoms with E-state index in [9.17, 15) is 4.79 Å². The maximum Gasteiger partial charge on any atom is 0.276 e. The Morgan fingerprint density at radius 3 is 2.79 bits per heavy atom. The molecular formula is C21H20N4O3S. The van der Waals surface area contributed by atoms with E-state index in [-0.39, 0.29) is 5.91 Å². The molecule has 2 aliphatic rings. The van der Waals surface area contributed by atoms with Crippen LogP contribution in [0.2, 0.25) is 0 Å². The van der Waals surface area contributed by atoms with Crippen LogP contribution in [-0.4, -0.2) is 36.1 Å². The number of hydrazone groups is 1. The van der Waals surface area contributed by atoms with Crippen molar-refractivity contribution in [1.29, 1.82) is 0 Å². The van der Waals surface area contributed by atoms with Crippen molar-refractivity contribution < 1.29 is 14.3 Å². The number of fused-ring (bicyclic) bond motifs is 2. The van der Waals surface area contributed by atoms with Gasteiger partial charge in [0.05, 0.1) is 19.6 Å². The van der Waals surface area contributed by atoms with E-state index in [0.29, 0.717) is 28.1 Å². The summed E-state index contributed by atoms with van der Waals surface area (Å²) >= 11 is 1.40. The summed E-state index contributed by atoms with van der Waals surface area (Å²) in [4.78, 5) is 17.9. The molecule has 1 N–H and O–H groups in total. The van der Waals surface area contributed by atoms with Gasteiger partial charge in [-0.15, -0.1) is 11.7 Å². The second-order valence-corrected chi connectivity index (χ2v) is 7.26. The lowest BCUT2D eigenvalue weighted by atomic mass is 10.1. The molecule has 2 heterocycles. The summed E-state index contributed by atoms with van der Waals surface area (Å²) in [5, 5.41) is 11.2. The summed E-state index contributed by atoms with van der Waals surface area (Å²) in [6.07, 6.45) is 1.19. The molecular weight excluding hydrogens is 388 g/mol. The molecule has 2 aliphatic heterocycles. The lowest BCUT2D eigenvalue weighted by Crippen LogP contribution is -2.50. The van der Waals surface area contributed by atoms with Gasteiger partial charge >= 0.3 is 0 Å². The van der Waals surface area contributed by atoms with Gasteiger partial charge in [-0.25, -0.2) is 5.01 Å². The van der Waals surface area contributed by atoms with Gasteiger partial charge in [-0.3, -0.25) is 15.1 Å². The van der Waals surface area contributed by atoms with Gasteiger partial charge in [0.25, 0.3) is 5.91 Å². The number of carbonyl (C=O) groups excluding carboxylic acids is 1. The first-order valence-electron chi connectivity index (χ1n) is 8.99. The van der Waals surface area contributed by atoms with Crippen molar-refractivity contribution in [2.24, 2.45) is 10.1 Å². The Kier molecular flexibility index (Phi) is 5.26. The fourth-order valence-corrected chi connectivity index (χ4v) is 3.93. The molecule has 0 bridgehead atoms. The fourth-order valence-electron chi connectivity index (χ4n) is 3.35. The number of amidine groups is 1. The number of nitrogens with one attached hydrogen (secondary N) is 1. The Morgan fingerprint density at radius 2 is 2.03 bits per heavy atom. The van der Waals surface area contributed by atoms with E-state index in [2.05, 4.69) is 17.0 Å². The number of carbonyl (C=O) groups is 1.